The minimum atomic E-state index is 0.134. The van der Waals surface area contributed by atoms with Crippen LogP contribution in [0, 0.1) is 0 Å². The maximum atomic E-state index is 12.0. The molecule has 102 valence electrons. The van der Waals surface area contributed by atoms with E-state index in [9.17, 15) is 4.79 Å². The standard InChI is InChI=1S/C14H20N4O/c1-10(2)18-12(19)8-11-9-15-14(16-13(11)18)17-6-4-3-5-7-17/h9-10H,3-8H2,1-2H3. The van der Waals surface area contributed by atoms with Crippen LogP contribution < -0.4 is 9.80 Å². The molecule has 0 unspecified atom stereocenters. The van der Waals surface area contributed by atoms with Crippen molar-refractivity contribution in [2.24, 2.45) is 0 Å². The molecule has 1 amide bonds. The Labute approximate surface area is 113 Å². The number of aromatic nitrogens is 2. The molecule has 5 heteroatoms. The SMILES string of the molecule is CC(C)N1C(=O)Cc2cnc(N3CCCCC3)nc21. The first-order valence-corrected chi connectivity index (χ1v) is 7.10. The van der Waals surface area contributed by atoms with Gasteiger partial charge >= 0.3 is 0 Å². The predicted octanol–water partition coefficient (Wildman–Crippen LogP) is 1.76. The van der Waals surface area contributed by atoms with E-state index in [2.05, 4.69) is 14.9 Å². The largest absolute Gasteiger partial charge is 0.341 e. The summed E-state index contributed by atoms with van der Waals surface area (Å²) in [6, 6.07) is 0.151. The molecule has 0 aromatic carbocycles. The van der Waals surface area contributed by atoms with E-state index in [1.54, 1.807) is 4.90 Å². The predicted molar refractivity (Wildman–Crippen MR) is 74.4 cm³/mol. The maximum absolute atomic E-state index is 12.0. The lowest BCUT2D eigenvalue weighted by Crippen LogP contribution is -2.35. The molecule has 3 rings (SSSR count). The minimum absolute atomic E-state index is 0.134. The van der Waals surface area contributed by atoms with Crippen LogP contribution in [0.1, 0.15) is 38.7 Å². The molecule has 5 nitrogen and oxygen atoms in total. The van der Waals surface area contributed by atoms with Crippen LogP contribution in [-0.2, 0) is 11.2 Å². The minimum Gasteiger partial charge on any atom is -0.341 e. The van der Waals surface area contributed by atoms with Crippen LogP contribution in [-0.4, -0.2) is 35.0 Å². The number of hydrogen-bond acceptors (Lipinski definition) is 4. The summed E-state index contributed by atoms with van der Waals surface area (Å²) in [6.07, 6.45) is 5.96. The molecule has 1 saturated heterocycles. The average Bonchev–Trinajstić information content (AvgIpc) is 2.74. The first-order chi connectivity index (χ1) is 9.16. The number of amides is 1. The molecule has 1 fully saturated rings. The number of carbonyl (C=O) groups is 1. The lowest BCUT2D eigenvalue weighted by molar-refractivity contribution is -0.117. The monoisotopic (exact) mass is 260 g/mol. The molecule has 2 aliphatic rings. The van der Waals surface area contributed by atoms with Crippen LogP contribution in [0.5, 0.6) is 0 Å². The molecular weight excluding hydrogens is 240 g/mol. The van der Waals surface area contributed by atoms with Crippen molar-refractivity contribution in [2.75, 3.05) is 22.9 Å². The lowest BCUT2D eigenvalue weighted by atomic mass is 10.1. The Morgan fingerprint density at radius 2 is 1.95 bits per heavy atom. The van der Waals surface area contributed by atoms with E-state index < -0.39 is 0 Å². The molecule has 0 spiro atoms. The highest BCUT2D eigenvalue weighted by atomic mass is 16.2. The van der Waals surface area contributed by atoms with E-state index in [-0.39, 0.29) is 11.9 Å². The Morgan fingerprint density at radius 1 is 1.21 bits per heavy atom. The van der Waals surface area contributed by atoms with Crippen LogP contribution in [0.4, 0.5) is 11.8 Å². The second-order valence-corrected chi connectivity index (χ2v) is 5.60. The van der Waals surface area contributed by atoms with Crippen LogP contribution in [0.3, 0.4) is 0 Å². The van der Waals surface area contributed by atoms with Crippen molar-refractivity contribution in [2.45, 2.75) is 45.6 Å². The Morgan fingerprint density at radius 3 is 2.63 bits per heavy atom. The highest BCUT2D eigenvalue weighted by molar-refractivity contribution is 6.00. The van der Waals surface area contributed by atoms with Crippen molar-refractivity contribution in [3.05, 3.63) is 11.8 Å². The van der Waals surface area contributed by atoms with E-state index in [1.165, 1.54) is 19.3 Å². The van der Waals surface area contributed by atoms with E-state index >= 15 is 0 Å². The summed E-state index contributed by atoms with van der Waals surface area (Å²) < 4.78 is 0. The summed E-state index contributed by atoms with van der Waals surface area (Å²) in [7, 11) is 0. The second kappa shape index (κ2) is 4.79. The van der Waals surface area contributed by atoms with Crippen LogP contribution in [0.25, 0.3) is 0 Å². The first kappa shape index (κ1) is 12.4. The average molecular weight is 260 g/mol. The third-order valence-corrected chi connectivity index (χ3v) is 3.82. The molecule has 0 N–H and O–H groups in total. The summed E-state index contributed by atoms with van der Waals surface area (Å²) in [5.74, 6) is 1.73. The molecule has 0 bridgehead atoms. The topological polar surface area (TPSA) is 49.3 Å². The molecule has 2 aliphatic heterocycles. The van der Waals surface area contributed by atoms with Gasteiger partial charge in [-0.05, 0) is 33.1 Å². The molecule has 1 aromatic rings. The van der Waals surface area contributed by atoms with E-state index in [0.29, 0.717) is 6.42 Å². The third kappa shape index (κ3) is 2.17. The van der Waals surface area contributed by atoms with Crippen LogP contribution >= 0.6 is 0 Å². The van der Waals surface area contributed by atoms with Gasteiger partial charge in [0.15, 0.2) is 0 Å². The van der Waals surface area contributed by atoms with E-state index in [1.807, 2.05) is 20.0 Å². The molecule has 0 saturated carbocycles. The first-order valence-electron chi connectivity index (χ1n) is 7.10. The van der Waals surface area contributed by atoms with Gasteiger partial charge in [-0.2, -0.15) is 4.98 Å². The Bertz CT molecular complexity index is 494. The summed E-state index contributed by atoms with van der Waals surface area (Å²) in [5.41, 5.74) is 0.958. The van der Waals surface area contributed by atoms with E-state index in [0.717, 1.165) is 30.4 Å². The zero-order chi connectivity index (χ0) is 13.4. The van der Waals surface area contributed by atoms with Gasteiger partial charge in [0.1, 0.15) is 5.82 Å². The van der Waals surface area contributed by atoms with Gasteiger partial charge in [0.25, 0.3) is 0 Å². The summed E-state index contributed by atoms with van der Waals surface area (Å²) >= 11 is 0. The number of anilines is 2. The van der Waals surface area contributed by atoms with Crippen molar-refractivity contribution in [1.29, 1.82) is 0 Å². The smallest absolute Gasteiger partial charge is 0.233 e. The summed E-state index contributed by atoms with van der Waals surface area (Å²) in [5, 5.41) is 0. The third-order valence-electron chi connectivity index (χ3n) is 3.82. The maximum Gasteiger partial charge on any atom is 0.233 e. The summed E-state index contributed by atoms with van der Waals surface area (Å²) in [6.45, 7) is 6.09. The zero-order valence-electron chi connectivity index (χ0n) is 11.6. The van der Waals surface area contributed by atoms with Gasteiger partial charge in [-0.1, -0.05) is 0 Å². The van der Waals surface area contributed by atoms with Crippen LogP contribution in [0.15, 0.2) is 6.20 Å². The zero-order valence-corrected chi connectivity index (χ0v) is 11.6. The molecular formula is C14H20N4O. The number of nitrogens with zero attached hydrogens (tertiary/aromatic N) is 4. The fourth-order valence-electron chi connectivity index (χ4n) is 2.87. The van der Waals surface area contributed by atoms with Crippen LogP contribution in [0.2, 0.25) is 0 Å². The highest BCUT2D eigenvalue weighted by Gasteiger charge is 2.32. The van der Waals surface area contributed by atoms with Crippen molar-refractivity contribution in [3.8, 4) is 0 Å². The fourth-order valence-corrected chi connectivity index (χ4v) is 2.87. The van der Waals surface area contributed by atoms with Crippen molar-refractivity contribution < 1.29 is 4.79 Å². The van der Waals surface area contributed by atoms with Crippen molar-refractivity contribution >= 4 is 17.7 Å². The lowest BCUT2D eigenvalue weighted by Gasteiger charge is -2.28. The summed E-state index contributed by atoms with van der Waals surface area (Å²) in [4.78, 5) is 25.1. The quantitative estimate of drug-likeness (QED) is 0.813. The van der Waals surface area contributed by atoms with Gasteiger partial charge in [-0.3, -0.25) is 9.69 Å². The Kier molecular flexibility index (Phi) is 3.12. The Balaban J connectivity index is 1.92. The van der Waals surface area contributed by atoms with Gasteiger partial charge < -0.3 is 4.90 Å². The normalized spacial score (nSPS) is 19.2. The molecule has 3 heterocycles. The molecule has 0 aliphatic carbocycles. The number of carbonyl (C=O) groups excluding carboxylic acids is 1. The highest BCUT2D eigenvalue weighted by Crippen LogP contribution is 2.30. The van der Waals surface area contributed by atoms with Gasteiger partial charge in [-0.25, -0.2) is 4.98 Å². The van der Waals surface area contributed by atoms with Gasteiger partial charge in [-0.15, -0.1) is 0 Å². The van der Waals surface area contributed by atoms with Gasteiger partial charge in [0, 0.05) is 30.9 Å². The molecule has 0 atom stereocenters. The van der Waals surface area contributed by atoms with Crippen molar-refractivity contribution in [3.63, 3.8) is 0 Å². The van der Waals surface area contributed by atoms with Gasteiger partial charge in [0.05, 0.1) is 6.42 Å². The number of rotatable bonds is 2. The molecule has 19 heavy (non-hydrogen) atoms. The fraction of sp³-hybridized carbons (Fsp3) is 0.643. The van der Waals surface area contributed by atoms with Gasteiger partial charge in [0.2, 0.25) is 11.9 Å². The van der Waals surface area contributed by atoms with E-state index in [4.69, 9.17) is 0 Å². The number of piperidine rings is 1. The number of hydrogen-bond donors (Lipinski definition) is 0. The number of fused-ring (bicyclic) bond motifs is 1. The molecule has 1 aromatic heterocycles. The Hall–Kier alpha value is -1.65. The van der Waals surface area contributed by atoms with Crippen molar-refractivity contribution in [1.82, 2.24) is 9.97 Å². The molecule has 0 radical (unpaired) electrons. The second-order valence-electron chi connectivity index (χ2n) is 5.60.